The smallest absolute Gasteiger partial charge is 0.163 e. The molecule has 2 aliphatic rings. The Morgan fingerprint density at radius 3 is 1.82 bits per heavy atom. The molecule has 3 aromatic carbocycles. The lowest BCUT2D eigenvalue weighted by atomic mass is 9.80. The van der Waals surface area contributed by atoms with Crippen molar-refractivity contribution in [3.63, 3.8) is 0 Å². The quantitative estimate of drug-likeness (QED) is 0.573. The van der Waals surface area contributed by atoms with E-state index in [0.29, 0.717) is 6.61 Å². The Hall–Kier alpha value is -2.54. The molecule has 3 aromatic rings. The maximum Gasteiger partial charge on any atom is 0.163 e. The SMILES string of the molecule is CC1(C)OCC2OC(COC(c3ccccc3)(c3ccccc3)c3ccccc3)C(O)C2O1. The molecule has 5 rings (SSSR count). The van der Waals surface area contributed by atoms with Crippen LogP contribution in [0.1, 0.15) is 30.5 Å². The molecule has 2 aliphatic heterocycles. The van der Waals surface area contributed by atoms with E-state index in [1.54, 1.807) is 0 Å². The van der Waals surface area contributed by atoms with Gasteiger partial charge in [0.25, 0.3) is 0 Å². The fourth-order valence-corrected chi connectivity index (χ4v) is 4.85. The highest BCUT2D eigenvalue weighted by atomic mass is 16.7. The highest BCUT2D eigenvalue weighted by Crippen LogP contribution is 2.42. The van der Waals surface area contributed by atoms with Crippen molar-refractivity contribution in [1.29, 1.82) is 0 Å². The zero-order chi connectivity index (χ0) is 22.9. The Morgan fingerprint density at radius 1 is 0.848 bits per heavy atom. The third-order valence-electron chi connectivity index (χ3n) is 6.45. The van der Waals surface area contributed by atoms with Crippen molar-refractivity contribution >= 4 is 0 Å². The highest BCUT2D eigenvalue weighted by molar-refractivity contribution is 5.47. The minimum Gasteiger partial charge on any atom is -0.387 e. The van der Waals surface area contributed by atoms with Gasteiger partial charge in [-0.2, -0.15) is 0 Å². The van der Waals surface area contributed by atoms with Crippen LogP contribution in [0, 0.1) is 0 Å². The predicted molar refractivity (Wildman–Crippen MR) is 125 cm³/mol. The van der Waals surface area contributed by atoms with Crippen molar-refractivity contribution in [2.75, 3.05) is 13.2 Å². The maximum absolute atomic E-state index is 11.0. The number of hydrogen-bond acceptors (Lipinski definition) is 5. The lowest BCUT2D eigenvalue weighted by molar-refractivity contribution is -0.300. The highest BCUT2D eigenvalue weighted by Gasteiger charge is 2.51. The van der Waals surface area contributed by atoms with Crippen molar-refractivity contribution in [2.45, 2.75) is 49.7 Å². The van der Waals surface area contributed by atoms with Crippen molar-refractivity contribution in [3.8, 4) is 0 Å². The van der Waals surface area contributed by atoms with E-state index >= 15 is 0 Å². The minimum atomic E-state index is -0.864. The van der Waals surface area contributed by atoms with Crippen molar-refractivity contribution in [1.82, 2.24) is 0 Å². The first-order valence-electron chi connectivity index (χ1n) is 11.5. The molecule has 4 atom stereocenters. The van der Waals surface area contributed by atoms with E-state index in [-0.39, 0.29) is 12.7 Å². The first-order chi connectivity index (χ1) is 16.0. The van der Waals surface area contributed by atoms with Gasteiger partial charge < -0.3 is 24.1 Å². The summed E-state index contributed by atoms with van der Waals surface area (Å²) in [4.78, 5) is 0. The molecule has 0 spiro atoms. The van der Waals surface area contributed by atoms with Gasteiger partial charge in [0, 0.05) is 0 Å². The van der Waals surface area contributed by atoms with Gasteiger partial charge >= 0.3 is 0 Å². The summed E-state index contributed by atoms with van der Waals surface area (Å²) in [6.45, 7) is 4.28. The molecule has 0 aromatic heterocycles. The number of benzene rings is 3. The summed E-state index contributed by atoms with van der Waals surface area (Å²) in [6.07, 6.45) is -2.10. The molecule has 0 bridgehead atoms. The average Bonchev–Trinajstić information content (AvgIpc) is 3.15. The summed E-state index contributed by atoms with van der Waals surface area (Å²) in [6, 6.07) is 30.5. The van der Waals surface area contributed by atoms with E-state index in [2.05, 4.69) is 36.4 Å². The van der Waals surface area contributed by atoms with Crippen LogP contribution in [0.4, 0.5) is 0 Å². The summed E-state index contributed by atoms with van der Waals surface area (Å²) in [7, 11) is 0. The third kappa shape index (κ3) is 4.23. The largest absolute Gasteiger partial charge is 0.387 e. The van der Waals surface area contributed by atoms with E-state index in [1.807, 2.05) is 68.4 Å². The van der Waals surface area contributed by atoms with Crippen LogP contribution in [0.3, 0.4) is 0 Å². The third-order valence-corrected chi connectivity index (χ3v) is 6.45. The summed E-state index contributed by atoms with van der Waals surface area (Å²) in [5, 5.41) is 11.0. The molecule has 0 aliphatic carbocycles. The lowest BCUT2D eigenvalue weighted by Crippen LogP contribution is -2.50. The molecule has 172 valence electrons. The van der Waals surface area contributed by atoms with Crippen LogP contribution >= 0.6 is 0 Å². The first-order valence-corrected chi connectivity index (χ1v) is 11.5. The second kappa shape index (κ2) is 9.01. The molecule has 5 heteroatoms. The van der Waals surface area contributed by atoms with Gasteiger partial charge in [0.2, 0.25) is 0 Å². The summed E-state index contributed by atoms with van der Waals surface area (Å²) in [5.74, 6) is -0.747. The fourth-order valence-electron chi connectivity index (χ4n) is 4.85. The molecule has 4 unspecified atom stereocenters. The second-order valence-corrected chi connectivity index (χ2v) is 9.09. The van der Waals surface area contributed by atoms with E-state index in [0.717, 1.165) is 16.7 Å². The Labute approximate surface area is 194 Å². The molecule has 0 amide bonds. The number of ether oxygens (including phenoxy) is 4. The Morgan fingerprint density at radius 2 is 1.33 bits per heavy atom. The normalized spacial score (nSPS) is 26.6. The number of hydrogen-bond donors (Lipinski definition) is 1. The molecule has 33 heavy (non-hydrogen) atoms. The van der Waals surface area contributed by atoms with Gasteiger partial charge in [-0.05, 0) is 30.5 Å². The standard InChI is InChI=1S/C28H30O5/c1-27(2)30-19-24-26(33-27)25(29)23(32-24)18-31-28(20-12-6-3-7-13-20,21-14-8-4-9-15-21)22-16-10-5-11-17-22/h3-17,23-26,29H,18-19H2,1-2H3. The number of aliphatic hydroxyl groups excluding tert-OH is 1. The van der Waals surface area contributed by atoms with Crippen LogP contribution in [0.15, 0.2) is 91.0 Å². The van der Waals surface area contributed by atoms with Gasteiger partial charge in [-0.1, -0.05) is 91.0 Å². The first kappa shape index (κ1) is 22.3. The van der Waals surface area contributed by atoms with Crippen molar-refractivity contribution in [2.24, 2.45) is 0 Å². The molecule has 5 nitrogen and oxygen atoms in total. The van der Waals surface area contributed by atoms with E-state index in [4.69, 9.17) is 18.9 Å². The lowest BCUT2D eigenvalue weighted by Gasteiger charge is -2.37. The van der Waals surface area contributed by atoms with Gasteiger partial charge in [-0.25, -0.2) is 0 Å². The van der Waals surface area contributed by atoms with Crippen LogP contribution < -0.4 is 0 Å². The van der Waals surface area contributed by atoms with Crippen LogP contribution in [-0.2, 0) is 24.5 Å². The van der Waals surface area contributed by atoms with Gasteiger partial charge in [-0.3, -0.25) is 0 Å². The molecular weight excluding hydrogens is 416 g/mol. The number of fused-ring (bicyclic) bond motifs is 1. The zero-order valence-electron chi connectivity index (χ0n) is 19.0. The minimum absolute atomic E-state index is 0.191. The van der Waals surface area contributed by atoms with E-state index < -0.39 is 29.7 Å². The molecule has 0 saturated carbocycles. The van der Waals surface area contributed by atoms with Crippen molar-refractivity contribution in [3.05, 3.63) is 108 Å². The Kier molecular flexibility index (Phi) is 6.08. The van der Waals surface area contributed by atoms with Crippen LogP contribution in [0.25, 0.3) is 0 Å². The molecule has 2 saturated heterocycles. The Bertz CT molecular complexity index is 941. The molecule has 0 radical (unpaired) electrons. The van der Waals surface area contributed by atoms with Crippen LogP contribution in [0.2, 0.25) is 0 Å². The summed E-state index contributed by atoms with van der Waals surface area (Å²) in [5.41, 5.74) is 2.16. The average molecular weight is 447 g/mol. The molecule has 2 heterocycles. The van der Waals surface area contributed by atoms with Gasteiger partial charge in [-0.15, -0.1) is 0 Å². The summed E-state index contributed by atoms with van der Waals surface area (Å²) < 4.78 is 24.7. The monoisotopic (exact) mass is 446 g/mol. The molecular formula is C28H30O5. The summed E-state index contributed by atoms with van der Waals surface area (Å²) >= 11 is 0. The Balaban J connectivity index is 1.51. The van der Waals surface area contributed by atoms with E-state index in [9.17, 15) is 5.11 Å². The fraction of sp³-hybridized carbons (Fsp3) is 0.357. The predicted octanol–water partition coefficient (Wildman–Crippen LogP) is 4.27. The van der Waals surface area contributed by atoms with Gasteiger partial charge in [0.1, 0.15) is 30.0 Å². The number of rotatable bonds is 6. The topological polar surface area (TPSA) is 57.2 Å². The molecule has 1 N–H and O–H groups in total. The van der Waals surface area contributed by atoms with Crippen LogP contribution in [-0.4, -0.2) is 48.5 Å². The zero-order valence-corrected chi connectivity index (χ0v) is 19.0. The maximum atomic E-state index is 11.0. The van der Waals surface area contributed by atoms with Crippen molar-refractivity contribution < 1.29 is 24.1 Å². The second-order valence-electron chi connectivity index (χ2n) is 9.09. The van der Waals surface area contributed by atoms with E-state index in [1.165, 1.54) is 0 Å². The van der Waals surface area contributed by atoms with Gasteiger partial charge in [0.05, 0.1) is 13.2 Å². The number of aliphatic hydroxyl groups is 1. The van der Waals surface area contributed by atoms with Crippen LogP contribution in [0.5, 0.6) is 0 Å². The van der Waals surface area contributed by atoms with Gasteiger partial charge in [0.15, 0.2) is 5.79 Å². The molecule has 2 fully saturated rings.